The fourth-order valence-electron chi connectivity index (χ4n) is 1.39. The molecule has 0 atom stereocenters. The van der Waals surface area contributed by atoms with Crippen molar-refractivity contribution in [1.29, 1.82) is 0 Å². The molecule has 0 saturated carbocycles. The standard InChI is InChI=1S/C11H11N3O6/c1-3-8(11(15)20-2)12-9-5-4-7(13(16)17)6-10(9)14(18)19/h3-6,12H,1-2H3/b8-3-. The minimum absolute atomic E-state index is 0.00977. The Balaban J connectivity index is 3.21. The predicted molar refractivity (Wildman–Crippen MR) is 69.1 cm³/mol. The number of nitro groups is 2. The zero-order valence-electron chi connectivity index (χ0n) is 10.7. The van der Waals surface area contributed by atoms with Crippen LogP contribution in [0.2, 0.25) is 0 Å². The number of hydrogen-bond acceptors (Lipinski definition) is 7. The first kappa shape index (κ1) is 15.1. The van der Waals surface area contributed by atoms with Crippen LogP contribution in [0.25, 0.3) is 0 Å². The summed E-state index contributed by atoms with van der Waals surface area (Å²) < 4.78 is 4.49. The molecule has 0 aromatic heterocycles. The molecule has 9 nitrogen and oxygen atoms in total. The molecule has 9 heteroatoms. The van der Waals surface area contributed by atoms with Crippen molar-refractivity contribution in [3.05, 3.63) is 50.2 Å². The Morgan fingerprint density at radius 1 is 1.30 bits per heavy atom. The number of allylic oxidation sites excluding steroid dienone is 1. The van der Waals surface area contributed by atoms with E-state index < -0.39 is 27.2 Å². The number of rotatable bonds is 5. The summed E-state index contributed by atoms with van der Waals surface area (Å²) in [4.78, 5) is 31.4. The number of anilines is 1. The van der Waals surface area contributed by atoms with Gasteiger partial charge in [0.05, 0.1) is 23.0 Å². The van der Waals surface area contributed by atoms with Crippen molar-refractivity contribution in [3.8, 4) is 0 Å². The third-order valence-corrected chi connectivity index (χ3v) is 2.35. The number of nitro benzene ring substituents is 2. The average Bonchev–Trinajstić information content (AvgIpc) is 2.43. The summed E-state index contributed by atoms with van der Waals surface area (Å²) in [6, 6.07) is 3.06. The van der Waals surface area contributed by atoms with Gasteiger partial charge in [-0.15, -0.1) is 0 Å². The van der Waals surface area contributed by atoms with E-state index in [-0.39, 0.29) is 11.4 Å². The molecule has 0 unspecified atom stereocenters. The molecule has 1 aromatic carbocycles. The van der Waals surface area contributed by atoms with Crippen LogP contribution in [-0.4, -0.2) is 22.9 Å². The predicted octanol–water partition coefficient (Wildman–Crippen LogP) is 1.99. The minimum atomic E-state index is -0.778. The quantitative estimate of drug-likeness (QED) is 0.378. The molecule has 0 fully saturated rings. The van der Waals surface area contributed by atoms with Crippen molar-refractivity contribution in [2.45, 2.75) is 6.92 Å². The van der Waals surface area contributed by atoms with Crippen LogP contribution >= 0.6 is 0 Å². The summed E-state index contributed by atoms with van der Waals surface area (Å²) >= 11 is 0. The smallest absolute Gasteiger partial charge is 0.354 e. The SMILES string of the molecule is C/C=C(\Nc1ccc([N+](=O)[O-])cc1[N+](=O)[O-])C(=O)OC. The maximum atomic E-state index is 11.4. The van der Waals surface area contributed by atoms with E-state index in [1.807, 2.05) is 0 Å². The summed E-state index contributed by atoms with van der Waals surface area (Å²) in [6.45, 7) is 1.54. The third-order valence-electron chi connectivity index (χ3n) is 2.35. The van der Waals surface area contributed by atoms with E-state index in [1.165, 1.54) is 13.0 Å². The first-order valence-corrected chi connectivity index (χ1v) is 5.35. The Morgan fingerprint density at radius 2 is 1.95 bits per heavy atom. The Morgan fingerprint density at radius 3 is 2.40 bits per heavy atom. The molecule has 1 N–H and O–H groups in total. The Hall–Kier alpha value is -2.97. The maximum Gasteiger partial charge on any atom is 0.354 e. The van der Waals surface area contributed by atoms with E-state index in [0.29, 0.717) is 0 Å². The van der Waals surface area contributed by atoms with E-state index in [0.717, 1.165) is 25.3 Å². The topological polar surface area (TPSA) is 125 Å². The number of ether oxygens (including phenoxy) is 1. The highest BCUT2D eigenvalue weighted by atomic mass is 16.6. The van der Waals surface area contributed by atoms with Gasteiger partial charge in [-0.05, 0) is 13.0 Å². The van der Waals surface area contributed by atoms with Gasteiger partial charge in [0.2, 0.25) is 0 Å². The van der Waals surface area contributed by atoms with E-state index in [9.17, 15) is 25.0 Å². The van der Waals surface area contributed by atoms with Crippen LogP contribution < -0.4 is 5.32 Å². The lowest BCUT2D eigenvalue weighted by molar-refractivity contribution is -0.393. The molecule has 0 aliphatic carbocycles. The molecular weight excluding hydrogens is 270 g/mol. The Kier molecular flexibility index (Phi) is 4.73. The summed E-state index contributed by atoms with van der Waals surface area (Å²) in [5, 5.41) is 24.0. The molecule has 0 spiro atoms. The molecule has 20 heavy (non-hydrogen) atoms. The molecule has 0 saturated heterocycles. The molecule has 1 aromatic rings. The van der Waals surface area contributed by atoms with Crippen LogP contribution in [0.3, 0.4) is 0 Å². The number of hydrogen-bond donors (Lipinski definition) is 1. The second-order valence-corrected chi connectivity index (χ2v) is 3.53. The van der Waals surface area contributed by atoms with Gasteiger partial charge in [-0.1, -0.05) is 6.08 Å². The van der Waals surface area contributed by atoms with Gasteiger partial charge in [-0.2, -0.15) is 0 Å². The van der Waals surface area contributed by atoms with Gasteiger partial charge >= 0.3 is 5.97 Å². The summed E-state index contributed by atoms with van der Waals surface area (Å²) in [7, 11) is 1.16. The number of nitrogens with zero attached hydrogens (tertiary/aromatic N) is 2. The molecule has 0 aliphatic rings. The third kappa shape index (κ3) is 3.28. The molecular formula is C11H11N3O6. The van der Waals surface area contributed by atoms with Gasteiger partial charge in [0, 0.05) is 6.07 Å². The summed E-state index contributed by atoms with van der Waals surface area (Å²) in [5.41, 5.74) is -0.978. The van der Waals surface area contributed by atoms with Crippen LogP contribution in [0.15, 0.2) is 30.0 Å². The number of carbonyl (C=O) groups excluding carboxylic acids is 1. The number of non-ortho nitro benzene ring substituents is 1. The highest BCUT2D eigenvalue weighted by Gasteiger charge is 2.21. The number of esters is 1. The monoisotopic (exact) mass is 281 g/mol. The lowest BCUT2D eigenvalue weighted by Crippen LogP contribution is -2.13. The normalized spacial score (nSPS) is 10.8. The highest BCUT2D eigenvalue weighted by molar-refractivity contribution is 5.92. The van der Waals surface area contributed by atoms with Gasteiger partial charge in [0.15, 0.2) is 0 Å². The van der Waals surface area contributed by atoms with E-state index in [4.69, 9.17) is 0 Å². The van der Waals surface area contributed by atoms with Gasteiger partial charge in [-0.25, -0.2) is 4.79 Å². The first-order valence-electron chi connectivity index (χ1n) is 5.35. The molecule has 1 rings (SSSR count). The first-order chi connectivity index (χ1) is 9.40. The number of nitrogens with one attached hydrogen (secondary N) is 1. The minimum Gasteiger partial charge on any atom is -0.464 e. The highest BCUT2D eigenvalue weighted by Crippen LogP contribution is 2.29. The largest absolute Gasteiger partial charge is 0.464 e. The molecule has 0 heterocycles. The fraction of sp³-hybridized carbons (Fsp3) is 0.182. The zero-order valence-corrected chi connectivity index (χ0v) is 10.7. The van der Waals surface area contributed by atoms with Crippen molar-refractivity contribution in [3.63, 3.8) is 0 Å². The van der Waals surface area contributed by atoms with Gasteiger partial charge in [0.1, 0.15) is 11.4 Å². The van der Waals surface area contributed by atoms with Crippen LogP contribution in [-0.2, 0) is 9.53 Å². The van der Waals surface area contributed by atoms with E-state index >= 15 is 0 Å². The maximum absolute atomic E-state index is 11.4. The van der Waals surface area contributed by atoms with Crippen molar-refractivity contribution in [2.24, 2.45) is 0 Å². The van der Waals surface area contributed by atoms with Crippen molar-refractivity contribution in [1.82, 2.24) is 0 Å². The van der Waals surface area contributed by atoms with Crippen LogP contribution in [0, 0.1) is 20.2 Å². The van der Waals surface area contributed by atoms with Gasteiger partial charge in [0.25, 0.3) is 11.4 Å². The van der Waals surface area contributed by atoms with Crippen LogP contribution in [0.4, 0.5) is 17.1 Å². The Labute approximate surface area is 113 Å². The molecule has 0 amide bonds. The molecule has 0 bridgehead atoms. The van der Waals surface area contributed by atoms with Crippen molar-refractivity contribution in [2.75, 3.05) is 12.4 Å². The molecule has 0 radical (unpaired) electrons. The Bertz CT molecular complexity index is 596. The second-order valence-electron chi connectivity index (χ2n) is 3.53. The van der Waals surface area contributed by atoms with Crippen LogP contribution in [0.5, 0.6) is 0 Å². The van der Waals surface area contributed by atoms with Crippen molar-refractivity contribution >= 4 is 23.0 Å². The summed E-state index contributed by atoms with van der Waals surface area (Å²) in [6.07, 6.45) is 1.37. The van der Waals surface area contributed by atoms with Crippen LogP contribution in [0.1, 0.15) is 6.92 Å². The zero-order chi connectivity index (χ0) is 15.3. The van der Waals surface area contributed by atoms with Crippen molar-refractivity contribution < 1.29 is 19.4 Å². The van der Waals surface area contributed by atoms with E-state index in [2.05, 4.69) is 10.1 Å². The number of benzene rings is 1. The molecule has 0 aliphatic heterocycles. The summed E-state index contributed by atoms with van der Waals surface area (Å²) in [5.74, 6) is -0.708. The van der Waals surface area contributed by atoms with E-state index in [1.54, 1.807) is 0 Å². The van der Waals surface area contributed by atoms with Gasteiger partial charge < -0.3 is 10.1 Å². The number of methoxy groups -OCH3 is 1. The lowest BCUT2D eigenvalue weighted by atomic mass is 10.2. The van der Waals surface area contributed by atoms with Gasteiger partial charge in [-0.3, -0.25) is 20.2 Å². The average molecular weight is 281 g/mol. The fourth-order valence-corrected chi connectivity index (χ4v) is 1.39. The second kappa shape index (κ2) is 6.27. The number of carbonyl (C=O) groups is 1. The lowest BCUT2D eigenvalue weighted by Gasteiger charge is -2.08. The molecule has 106 valence electrons.